The predicted octanol–water partition coefficient (Wildman–Crippen LogP) is 5.27. The maximum absolute atomic E-state index is 13.0. The third-order valence-corrected chi connectivity index (χ3v) is 7.31. The van der Waals surface area contributed by atoms with E-state index in [0.717, 1.165) is 16.7 Å². The van der Waals surface area contributed by atoms with E-state index in [1.807, 2.05) is 13.0 Å². The third kappa shape index (κ3) is 8.33. The fourth-order valence-electron chi connectivity index (χ4n) is 3.69. The maximum atomic E-state index is 13.0. The molecule has 0 radical (unpaired) electrons. The highest BCUT2D eigenvalue weighted by Gasteiger charge is 2.23. The number of carbonyl (C=O) groups excluding carboxylic acids is 1. The first-order valence-corrected chi connectivity index (χ1v) is 13.7. The van der Waals surface area contributed by atoms with Gasteiger partial charge in [0.25, 0.3) is 0 Å². The number of ether oxygens (including phenoxy) is 1. The lowest BCUT2D eigenvalue weighted by molar-refractivity contribution is -0.121. The van der Waals surface area contributed by atoms with Gasteiger partial charge in [-0.1, -0.05) is 60.2 Å². The number of hydrogen-bond donors (Lipinski definition) is 2. The first-order valence-electron chi connectivity index (χ1n) is 12.2. The Hall–Kier alpha value is -4.34. The Balaban J connectivity index is 1.34. The van der Waals surface area contributed by atoms with Gasteiger partial charge in [-0.05, 0) is 72.1 Å². The number of carbonyl (C=O) groups is 1. The Labute approximate surface area is 227 Å². The predicted molar refractivity (Wildman–Crippen MR) is 148 cm³/mol. The molecule has 0 heterocycles. The van der Waals surface area contributed by atoms with Gasteiger partial charge >= 0.3 is 0 Å². The van der Waals surface area contributed by atoms with Crippen molar-refractivity contribution >= 4 is 22.1 Å². The lowest BCUT2D eigenvalue weighted by atomic mass is 10.0. The van der Waals surface area contributed by atoms with E-state index in [1.165, 1.54) is 30.5 Å². The topological polar surface area (TPSA) is 96.9 Å². The molecule has 0 spiro atoms. The molecule has 0 aromatic heterocycles. The highest BCUT2D eigenvalue weighted by molar-refractivity contribution is 7.89. The molecule has 4 aromatic carbocycles. The number of rotatable bonds is 11. The summed E-state index contributed by atoms with van der Waals surface area (Å²) in [6.45, 7) is 2.18. The number of aryl methyl sites for hydroxylation is 1. The highest BCUT2D eigenvalue weighted by Crippen LogP contribution is 2.21. The van der Waals surface area contributed by atoms with E-state index in [0.29, 0.717) is 17.9 Å². The molecule has 7 nitrogen and oxygen atoms in total. The molecule has 2 N–H and O–H groups in total. The van der Waals surface area contributed by atoms with E-state index in [4.69, 9.17) is 4.74 Å². The molecule has 9 heteroatoms. The van der Waals surface area contributed by atoms with Crippen molar-refractivity contribution < 1.29 is 22.3 Å². The van der Waals surface area contributed by atoms with Gasteiger partial charge in [-0.15, -0.1) is 0 Å². The Morgan fingerprint density at radius 1 is 0.923 bits per heavy atom. The fourth-order valence-corrected chi connectivity index (χ4v) is 4.92. The number of halogens is 1. The summed E-state index contributed by atoms with van der Waals surface area (Å²) in [6, 6.07) is 27.8. The summed E-state index contributed by atoms with van der Waals surface area (Å²) in [6.07, 6.45) is 1.33. The minimum atomic E-state index is -3.86. The summed E-state index contributed by atoms with van der Waals surface area (Å²) < 4.78 is 47.3. The summed E-state index contributed by atoms with van der Waals surface area (Å²) in [5, 5.41) is 4.01. The van der Waals surface area contributed by atoms with Crippen molar-refractivity contribution in [2.75, 3.05) is 0 Å². The Morgan fingerprint density at radius 2 is 1.59 bits per heavy atom. The molecular weight excluding hydrogens is 517 g/mol. The van der Waals surface area contributed by atoms with Crippen LogP contribution in [0.4, 0.5) is 4.39 Å². The summed E-state index contributed by atoms with van der Waals surface area (Å²) >= 11 is 0. The van der Waals surface area contributed by atoms with Crippen molar-refractivity contribution in [3.8, 4) is 5.75 Å². The van der Waals surface area contributed by atoms with Crippen molar-refractivity contribution in [1.29, 1.82) is 0 Å². The van der Waals surface area contributed by atoms with Gasteiger partial charge in [0, 0.05) is 6.42 Å². The average molecular weight is 546 g/mol. The van der Waals surface area contributed by atoms with Crippen molar-refractivity contribution in [1.82, 2.24) is 10.1 Å². The van der Waals surface area contributed by atoms with Crippen molar-refractivity contribution in [3.05, 3.63) is 131 Å². The molecule has 39 heavy (non-hydrogen) atoms. The molecule has 1 amide bonds. The molecule has 0 fully saturated rings. The van der Waals surface area contributed by atoms with E-state index < -0.39 is 22.0 Å². The highest BCUT2D eigenvalue weighted by atomic mass is 32.2. The van der Waals surface area contributed by atoms with Crippen molar-refractivity contribution in [3.63, 3.8) is 0 Å². The standard InChI is InChI=1S/C30H28FN3O4S/c1-22-7-17-28(18-8-22)39(36,37)34-29(25-5-3-2-4-6-25)19-30(35)33-32-20-23-11-15-27(16-12-23)38-21-24-9-13-26(31)14-10-24/h2-18,20,29,34H,19,21H2,1H3,(H,33,35)/b32-20-/t29-/m1/s1. The van der Waals surface area contributed by atoms with Crippen LogP contribution >= 0.6 is 0 Å². The van der Waals surface area contributed by atoms with Crippen LogP contribution in [-0.2, 0) is 21.4 Å². The van der Waals surface area contributed by atoms with Gasteiger partial charge in [-0.2, -0.15) is 5.10 Å². The van der Waals surface area contributed by atoms with Crippen molar-refractivity contribution in [2.24, 2.45) is 5.10 Å². The molecule has 200 valence electrons. The van der Waals surface area contributed by atoms with Crippen LogP contribution in [0.3, 0.4) is 0 Å². The fraction of sp³-hybridized carbons (Fsp3) is 0.133. The van der Waals surface area contributed by atoms with Crippen molar-refractivity contribution in [2.45, 2.75) is 30.9 Å². The van der Waals surface area contributed by atoms with E-state index in [2.05, 4.69) is 15.2 Å². The molecule has 4 aromatic rings. The lowest BCUT2D eigenvalue weighted by Crippen LogP contribution is -2.32. The molecule has 0 saturated heterocycles. The quantitative estimate of drug-likeness (QED) is 0.198. The largest absolute Gasteiger partial charge is 0.489 e. The second kappa shape index (κ2) is 12.9. The van der Waals surface area contributed by atoms with Crippen LogP contribution in [0.15, 0.2) is 113 Å². The number of sulfonamides is 1. The first-order chi connectivity index (χ1) is 18.8. The van der Waals surface area contributed by atoms with Crippen LogP contribution in [0.25, 0.3) is 0 Å². The monoisotopic (exact) mass is 545 g/mol. The average Bonchev–Trinajstić information content (AvgIpc) is 2.94. The Kier molecular flexibility index (Phi) is 9.19. The number of hydrazone groups is 1. The summed E-state index contributed by atoms with van der Waals surface area (Å²) in [4.78, 5) is 12.8. The number of hydrogen-bond acceptors (Lipinski definition) is 5. The van der Waals surface area contributed by atoms with Crippen LogP contribution in [0.2, 0.25) is 0 Å². The van der Waals surface area contributed by atoms with Gasteiger partial charge in [0.2, 0.25) is 15.9 Å². The summed E-state index contributed by atoms with van der Waals surface area (Å²) in [5.41, 5.74) is 5.64. The van der Waals surface area contributed by atoms with Crippen LogP contribution in [0, 0.1) is 12.7 Å². The molecule has 0 aliphatic rings. The van der Waals surface area contributed by atoms with E-state index in [9.17, 15) is 17.6 Å². The van der Waals surface area contributed by atoms with Crippen LogP contribution < -0.4 is 14.9 Å². The van der Waals surface area contributed by atoms with Gasteiger partial charge in [-0.3, -0.25) is 4.79 Å². The second-order valence-electron chi connectivity index (χ2n) is 8.88. The minimum absolute atomic E-state index is 0.123. The Bertz CT molecular complexity index is 1510. The summed E-state index contributed by atoms with van der Waals surface area (Å²) in [5.74, 6) is -0.119. The molecule has 0 saturated carbocycles. The van der Waals surface area contributed by atoms with Crippen LogP contribution in [0.5, 0.6) is 5.75 Å². The molecule has 1 atom stereocenters. The van der Waals surface area contributed by atoms with Gasteiger partial charge in [0.1, 0.15) is 18.2 Å². The smallest absolute Gasteiger partial charge is 0.242 e. The maximum Gasteiger partial charge on any atom is 0.242 e. The van der Waals surface area contributed by atoms with E-state index >= 15 is 0 Å². The summed E-state index contributed by atoms with van der Waals surface area (Å²) in [7, 11) is -3.86. The number of nitrogens with one attached hydrogen (secondary N) is 2. The molecule has 0 aliphatic carbocycles. The van der Waals surface area contributed by atoms with Gasteiger partial charge in [0.05, 0.1) is 17.2 Å². The number of benzene rings is 4. The zero-order valence-corrected chi connectivity index (χ0v) is 22.1. The van der Waals surface area contributed by atoms with Crippen LogP contribution in [0.1, 0.15) is 34.7 Å². The molecule has 0 aliphatic heterocycles. The second-order valence-corrected chi connectivity index (χ2v) is 10.6. The molecular formula is C30H28FN3O4S. The zero-order valence-electron chi connectivity index (χ0n) is 21.3. The number of amides is 1. The number of nitrogens with zero attached hydrogens (tertiary/aromatic N) is 1. The zero-order chi connectivity index (χ0) is 27.7. The normalized spacial score (nSPS) is 12.3. The van der Waals surface area contributed by atoms with Gasteiger partial charge in [-0.25, -0.2) is 23.0 Å². The van der Waals surface area contributed by atoms with Crippen LogP contribution in [-0.4, -0.2) is 20.5 Å². The minimum Gasteiger partial charge on any atom is -0.489 e. The molecule has 0 bridgehead atoms. The Morgan fingerprint density at radius 3 is 2.26 bits per heavy atom. The molecule has 4 rings (SSSR count). The lowest BCUT2D eigenvalue weighted by Gasteiger charge is -2.18. The van der Waals surface area contributed by atoms with Gasteiger partial charge < -0.3 is 4.74 Å². The molecule has 0 unspecified atom stereocenters. The van der Waals surface area contributed by atoms with E-state index in [-0.39, 0.29) is 17.1 Å². The van der Waals surface area contributed by atoms with E-state index in [1.54, 1.807) is 72.8 Å². The SMILES string of the molecule is Cc1ccc(S(=O)(=O)N[C@H](CC(=O)N/N=C\c2ccc(OCc3ccc(F)cc3)cc2)c2ccccc2)cc1. The first kappa shape index (κ1) is 27.7. The third-order valence-electron chi connectivity index (χ3n) is 5.82. The van der Waals surface area contributed by atoms with Gasteiger partial charge in [0.15, 0.2) is 0 Å².